The second-order valence-electron chi connectivity index (χ2n) is 5.13. The monoisotopic (exact) mass is 258 g/mol. The Morgan fingerprint density at radius 1 is 1.33 bits per heavy atom. The molecular formula is C14H30N2O2. The van der Waals surface area contributed by atoms with Crippen LogP contribution >= 0.6 is 0 Å². The number of carbonyl (C=O) groups is 1. The first-order valence-corrected chi connectivity index (χ1v) is 7.03. The summed E-state index contributed by atoms with van der Waals surface area (Å²) in [6, 6.07) is 0.364. The van der Waals surface area contributed by atoms with Gasteiger partial charge in [0.25, 0.3) is 0 Å². The van der Waals surface area contributed by atoms with E-state index in [0.717, 1.165) is 12.8 Å². The highest BCUT2D eigenvalue weighted by molar-refractivity contribution is 5.77. The van der Waals surface area contributed by atoms with Crippen molar-refractivity contribution in [3.05, 3.63) is 0 Å². The summed E-state index contributed by atoms with van der Waals surface area (Å²) in [5.74, 6) is 0.0168. The van der Waals surface area contributed by atoms with Crippen LogP contribution in [0.5, 0.6) is 0 Å². The zero-order valence-electron chi connectivity index (χ0n) is 12.4. The maximum absolute atomic E-state index is 11.6. The maximum Gasteiger partial charge on any atom is 0.248 e. The summed E-state index contributed by atoms with van der Waals surface area (Å²) in [7, 11) is 3.35. The van der Waals surface area contributed by atoms with E-state index < -0.39 is 0 Å². The van der Waals surface area contributed by atoms with Crippen LogP contribution in [-0.4, -0.2) is 43.7 Å². The Morgan fingerprint density at radius 3 is 2.56 bits per heavy atom. The van der Waals surface area contributed by atoms with E-state index >= 15 is 0 Å². The first kappa shape index (κ1) is 17.4. The Labute approximate surface area is 112 Å². The van der Waals surface area contributed by atoms with Crippen molar-refractivity contribution in [2.75, 3.05) is 20.8 Å². The minimum Gasteiger partial charge on any atom is -0.375 e. The predicted octanol–water partition coefficient (Wildman–Crippen LogP) is 2.17. The summed E-state index contributed by atoms with van der Waals surface area (Å²) in [4.78, 5) is 13.4. The molecule has 0 radical (unpaired) electrons. The van der Waals surface area contributed by atoms with E-state index in [-0.39, 0.29) is 24.6 Å². The molecule has 2 unspecified atom stereocenters. The van der Waals surface area contributed by atoms with Crippen molar-refractivity contribution in [2.24, 2.45) is 5.73 Å². The van der Waals surface area contributed by atoms with Gasteiger partial charge in [0, 0.05) is 26.2 Å². The number of likely N-dealkylation sites (N-methyl/N-ethyl adjacent to an activating group) is 1. The summed E-state index contributed by atoms with van der Waals surface area (Å²) in [6.07, 6.45) is 6.90. The molecule has 0 fully saturated rings. The molecule has 1 amide bonds. The van der Waals surface area contributed by atoms with Crippen LogP contribution in [0.4, 0.5) is 0 Å². The van der Waals surface area contributed by atoms with Gasteiger partial charge in [-0.05, 0) is 19.8 Å². The normalized spacial score (nSPS) is 14.3. The van der Waals surface area contributed by atoms with Crippen LogP contribution in [0.1, 0.15) is 52.4 Å². The van der Waals surface area contributed by atoms with E-state index in [1.807, 2.05) is 14.0 Å². The quantitative estimate of drug-likeness (QED) is 0.611. The highest BCUT2D eigenvalue weighted by Crippen LogP contribution is 2.11. The van der Waals surface area contributed by atoms with Crippen molar-refractivity contribution in [1.29, 1.82) is 0 Å². The molecule has 0 saturated carbocycles. The Morgan fingerprint density at radius 2 is 2.00 bits per heavy atom. The molecule has 2 N–H and O–H groups in total. The number of amides is 1. The first-order chi connectivity index (χ1) is 8.52. The van der Waals surface area contributed by atoms with Gasteiger partial charge in [-0.25, -0.2) is 0 Å². The van der Waals surface area contributed by atoms with Crippen molar-refractivity contribution < 1.29 is 9.53 Å². The van der Waals surface area contributed by atoms with Gasteiger partial charge in [-0.2, -0.15) is 0 Å². The zero-order chi connectivity index (χ0) is 14.0. The molecule has 0 aliphatic rings. The van der Waals surface area contributed by atoms with Gasteiger partial charge in [0.2, 0.25) is 5.91 Å². The average molecular weight is 258 g/mol. The lowest BCUT2D eigenvalue weighted by Gasteiger charge is -2.27. The molecule has 108 valence electrons. The molecule has 18 heavy (non-hydrogen) atoms. The number of carbonyl (C=O) groups excluding carboxylic acids is 1. The van der Waals surface area contributed by atoms with Gasteiger partial charge in [0.1, 0.15) is 6.61 Å². The predicted molar refractivity (Wildman–Crippen MR) is 75.5 cm³/mol. The van der Waals surface area contributed by atoms with Crippen LogP contribution in [0.3, 0.4) is 0 Å². The van der Waals surface area contributed by atoms with Gasteiger partial charge in [-0.1, -0.05) is 32.6 Å². The molecule has 0 aromatic carbocycles. The molecular weight excluding hydrogens is 228 g/mol. The third kappa shape index (κ3) is 7.67. The minimum absolute atomic E-state index is 0.0168. The fourth-order valence-electron chi connectivity index (χ4n) is 2.02. The number of nitrogens with zero attached hydrogens (tertiary/aromatic N) is 1. The number of rotatable bonds is 10. The molecule has 0 saturated heterocycles. The molecule has 4 nitrogen and oxygen atoms in total. The minimum atomic E-state index is 0.0168. The smallest absolute Gasteiger partial charge is 0.248 e. The second kappa shape index (κ2) is 10.3. The van der Waals surface area contributed by atoms with Crippen molar-refractivity contribution in [3.63, 3.8) is 0 Å². The van der Waals surface area contributed by atoms with Crippen LogP contribution in [0.2, 0.25) is 0 Å². The lowest BCUT2D eigenvalue weighted by molar-refractivity contribution is -0.135. The SMILES string of the molecule is CCCCCCC(N)CC(C)N(C)C(=O)COC. The summed E-state index contributed by atoms with van der Waals surface area (Å²) in [5.41, 5.74) is 6.10. The molecule has 2 atom stereocenters. The number of ether oxygens (including phenoxy) is 1. The van der Waals surface area contributed by atoms with E-state index in [0.29, 0.717) is 0 Å². The van der Waals surface area contributed by atoms with Gasteiger partial charge in [-0.3, -0.25) is 4.79 Å². The van der Waals surface area contributed by atoms with Gasteiger partial charge in [0.05, 0.1) is 0 Å². The van der Waals surface area contributed by atoms with Gasteiger partial charge >= 0.3 is 0 Å². The third-order valence-electron chi connectivity index (χ3n) is 3.39. The topological polar surface area (TPSA) is 55.6 Å². The molecule has 4 heteroatoms. The number of nitrogens with two attached hydrogens (primary N) is 1. The molecule has 0 aliphatic carbocycles. The van der Waals surface area contributed by atoms with E-state index in [1.165, 1.54) is 32.8 Å². The molecule has 0 aliphatic heterocycles. The van der Waals surface area contributed by atoms with Crippen LogP contribution < -0.4 is 5.73 Å². The Kier molecular flexibility index (Phi) is 9.98. The summed E-state index contributed by atoms with van der Waals surface area (Å²) < 4.78 is 4.85. The number of methoxy groups -OCH3 is 1. The first-order valence-electron chi connectivity index (χ1n) is 7.03. The number of hydrogen-bond donors (Lipinski definition) is 1. The highest BCUT2D eigenvalue weighted by Gasteiger charge is 2.17. The van der Waals surface area contributed by atoms with Crippen molar-refractivity contribution in [1.82, 2.24) is 4.90 Å². The van der Waals surface area contributed by atoms with Crippen LogP contribution in [0, 0.1) is 0 Å². The Hall–Kier alpha value is -0.610. The van der Waals surface area contributed by atoms with Crippen molar-refractivity contribution >= 4 is 5.91 Å². The number of unbranched alkanes of at least 4 members (excludes halogenated alkanes) is 3. The largest absolute Gasteiger partial charge is 0.375 e. The third-order valence-corrected chi connectivity index (χ3v) is 3.39. The zero-order valence-corrected chi connectivity index (χ0v) is 12.4. The van der Waals surface area contributed by atoms with E-state index in [9.17, 15) is 4.79 Å². The molecule has 0 aromatic heterocycles. The van der Waals surface area contributed by atoms with E-state index in [4.69, 9.17) is 10.5 Å². The van der Waals surface area contributed by atoms with E-state index in [2.05, 4.69) is 6.92 Å². The maximum atomic E-state index is 11.6. The standard InChI is InChI=1S/C14H30N2O2/c1-5-6-7-8-9-13(15)10-12(2)16(3)14(17)11-18-4/h12-13H,5-11,15H2,1-4H3. The summed E-state index contributed by atoms with van der Waals surface area (Å²) >= 11 is 0. The molecule has 0 aromatic rings. The van der Waals surface area contributed by atoms with Crippen LogP contribution in [0.15, 0.2) is 0 Å². The molecule has 0 bridgehead atoms. The number of hydrogen-bond acceptors (Lipinski definition) is 3. The fraction of sp³-hybridized carbons (Fsp3) is 0.929. The fourth-order valence-corrected chi connectivity index (χ4v) is 2.02. The summed E-state index contributed by atoms with van der Waals surface area (Å²) in [5, 5.41) is 0. The van der Waals surface area contributed by atoms with Crippen molar-refractivity contribution in [3.8, 4) is 0 Å². The second-order valence-corrected chi connectivity index (χ2v) is 5.13. The Balaban J connectivity index is 3.84. The summed E-state index contributed by atoms with van der Waals surface area (Å²) in [6.45, 7) is 4.39. The molecule has 0 heterocycles. The lowest BCUT2D eigenvalue weighted by atomic mass is 10.0. The lowest BCUT2D eigenvalue weighted by Crippen LogP contribution is -2.40. The average Bonchev–Trinajstić information content (AvgIpc) is 2.34. The van der Waals surface area contributed by atoms with Crippen LogP contribution in [0.25, 0.3) is 0 Å². The Bertz CT molecular complexity index is 222. The van der Waals surface area contributed by atoms with Crippen LogP contribution in [-0.2, 0) is 9.53 Å². The van der Waals surface area contributed by atoms with Gasteiger partial charge in [0.15, 0.2) is 0 Å². The van der Waals surface area contributed by atoms with Gasteiger partial charge in [-0.15, -0.1) is 0 Å². The van der Waals surface area contributed by atoms with Crippen molar-refractivity contribution in [2.45, 2.75) is 64.5 Å². The highest BCUT2D eigenvalue weighted by atomic mass is 16.5. The molecule has 0 spiro atoms. The van der Waals surface area contributed by atoms with E-state index in [1.54, 1.807) is 4.90 Å². The molecule has 0 rings (SSSR count). The van der Waals surface area contributed by atoms with Gasteiger partial charge < -0.3 is 15.4 Å².